The highest BCUT2D eigenvalue weighted by Gasteiger charge is 2.15. The Morgan fingerprint density at radius 3 is 2.64 bits per heavy atom. The number of nitrogens with zero attached hydrogens (tertiary/aromatic N) is 2. The number of para-hydroxylation sites is 2. The molecule has 0 atom stereocenters. The zero-order chi connectivity index (χ0) is 15.7. The molecule has 0 spiro atoms. The Morgan fingerprint density at radius 2 is 1.86 bits per heavy atom. The minimum Gasteiger partial charge on any atom is -0.504 e. The third-order valence-electron chi connectivity index (χ3n) is 3.58. The van der Waals surface area contributed by atoms with E-state index >= 15 is 0 Å². The van der Waals surface area contributed by atoms with E-state index in [0.29, 0.717) is 28.0 Å². The van der Waals surface area contributed by atoms with Gasteiger partial charge >= 0.3 is 0 Å². The van der Waals surface area contributed by atoms with Gasteiger partial charge in [-0.2, -0.15) is 5.26 Å². The fourth-order valence-corrected chi connectivity index (χ4v) is 2.44. The highest BCUT2D eigenvalue weighted by atomic mass is 16.3. The summed E-state index contributed by atoms with van der Waals surface area (Å²) in [4.78, 5) is 4.48. The van der Waals surface area contributed by atoms with E-state index in [1.54, 1.807) is 12.1 Å². The first-order valence-corrected chi connectivity index (χ1v) is 6.69. The molecule has 3 rings (SSSR count). The Bertz CT molecular complexity index is 914. The molecule has 3 aromatic rings. The number of pyridine rings is 1. The number of nitrogens with two attached hydrogens (primary N) is 1. The fraction of sp³-hybridized carbons (Fsp3) is 0.0588. The lowest BCUT2D eigenvalue weighted by Gasteiger charge is -2.11. The normalized spacial score (nSPS) is 10.5. The predicted octanol–water partition coefficient (Wildman–Crippen LogP) is 2.69. The number of phenolic OH excluding ortho intramolecular Hbond substituents is 2. The molecule has 1 aromatic heterocycles. The SMILES string of the molecule is N#Cc1c(Cc2cccc(O)c2O)nc2ccccc2c1N. The van der Waals surface area contributed by atoms with E-state index in [1.165, 1.54) is 6.07 Å². The smallest absolute Gasteiger partial charge is 0.161 e. The molecule has 0 amide bonds. The van der Waals surface area contributed by atoms with Gasteiger partial charge in [0.15, 0.2) is 11.5 Å². The molecule has 0 saturated heterocycles. The summed E-state index contributed by atoms with van der Waals surface area (Å²) in [6.45, 7) is 0. The number of phenols is 2. The van der Waals surface area contributed by atoms with E-state index in [4.69, 9.17) is 5.73 Å². The molecule has 0 radical (unpaired) electrons. The summed E-state index contributed by atoms with van der Waals surface area (Å²) in [5.41, 5.74) is 8.39. The second-order valence-electron chi connectivity index (χ2n) is 4.94. The third-order valence-corrected chi connectivity index (χ3v) is 3.58. The first kappa shape index (κ1) is 13.7. The van der Waals surface area contributed by atoms with Gasteiger partial charge in [0.2, 0.25) is 0 Å². The minimum atomic E-state index is -0.208. The van der Waals surface area contributed by atoms with Crippen LogP contribution in [0.2, 0.25) is 0 Å². The third kappa shape index (κ3) is 2.17. The molecule has 1 heterocycles. The summed E-state index contributed by atoms with van der Waals surface area (Å²) >= 11 is 0. The van der Waals surface area contributed by atoms with Crippen molar-refractivity contribution in [3.63, 3.8) is 0 Å². The zero-order valence-electron chi connectivity index (χ0n) is 11.6. The summed E-state index contributed by atoms with van der Waals surface area (Å²) in [5, 5.41) is 29.6. The van der Waals surface area contributed by atoms with Gasteiger partial charge < -0.3 is 15.9 Å². The van der Waals surface area contributed by atoms with Crippen molar-refractivity contribution in [1.29, 1.82) is 5.26 Å². The lowest BCUT2D eigenvalue weighted by molar-refractivity contribution is 0.400. The summed E-state index contributed by atoms with van der Waals surface area (Å²) in [6, 6.07) is 14.1. The van der Waals surface area contributed by atoms with Gasteiger partial charge in [0, 0.05) is 17.4 Å². The van der Waals surface area contributed by atoms with E-state index in [-0.39, 0.29) is 17.9 Å². The number of nitrogen functional groups attached to an aromatic ring is 1. The number of anilines is 1. The van der Waals surface area contributed by atoms with E-state index < -0.39 is 0 Å². The van der Waals surface area contributed by atoms with Crippen LogP contribution in [0, 0.1) is 11.3 Å². The number of fused-ring (bicyclic) bond motifs is 1. The maximum Gasteiger partial charge on any atom is 0.161 e. The van der Waals surface area contributed by atoms with E-state index in [2.05, 4.69) is 11.1 Å². The molecule has 108 valence electrons. The minimum absolute atomic E-state index is 0.204. The second kappa shape index (κ2) is 5.26. The molecule has 5 heteroatoms. The van der Waals surface area contributed by atoms with Crippen LogP contribution in [0.5, 0.6) is 11.5 Å². The molecule has 0 aliphatic rings. The molecule has 22 heavy (non-hydrogen) atoms. The molecule has 0 saturated carbocycles. The number of hydrogen-bond acceptors (Lipinski definition) is 5. The van der Waals surface area contributed by atoms with Gasteiger partial charge in [-0.1, -0.05) is 30.3 Å². The first-order valence-electron chi connectivity index (χ1n) is 6.69. The zero-order valence-corrected chi connectivity index (χ0v) is 11.6. The fourth-order valence-electron chi connectivity index (χ4n) is 2.44. The largest absolute Gasteiger partial charge is 0.504 e. The Morgan fingerprint density at radius 1 is 1.09 bits per heavy atom. The monoisotopic (exact) mass is 291 g/mol. The summed E-state index contributed by atoms with van der Waals surface area (Å²) in [6.07, 6.45) is 0.207. The van der Waals surface area contributed by atoms with Crippen molar-refractivity contribution in [2.24, 2.45) is 0 Å². The van der Waals surface area contributed by atoms with E-state index in [0.717, 1.165) is 5.39 Å². The molecule has 2 aromatic carbocycles. The summed E-state index contributed by atoms with van der Waals surface area (Å²) in [5.74, 6) is -0.412. The number of nitriles is 1. The Labute approximate surface area is 126 Å². The van der Waals surface area contributed by atoms with Crippen molar-refractivity contribution in [3.8, 4) is 17.6 Å². The number of rotatable bonds is 2. The Kier molecular flexibility index (Phi) is 3.28. The average molecular weight is 291 g/mol. The average Bonchev–Trinajstić information content (AvgIpc) is 2.52. The number of aromatic nitrogens is 1. The molecule has 0 unspecified atom stereocenters. The van der Waals surface area contributed by atoms with Crippen LogP contribution in [0.1, 0.15) is 16.8 Å². The van der Waals surface area contributed by atoms with Crippen molar-refractivity contribution in [2.75, 3.05) is 5.73 Å². The van der Waals surface area contributed by atoms with Crippen LogP contribution in [-0.2, 0) is 6.42 Å². The highest BCUT2D eigenvalue weighted by Crippen LogP contribution is 2.32. The molecular formula is C17H13N3O2. The van der Waals surface area contributed by atoms with E-state index in [1.807, 2.05) is 24.3 Å². The van der Waals surface area contributed by atoms with Crippen molar-refractivity contribution in [2.45, 2.75) is 6.42 Å². The second-order valence-corrected chi connectivity index (χ2v) is 4.94. The van der Waals surface area contributed by atoms with Crippen LogP contribution < -0.4 is 5.73 Å². The number of aromatic hydroxyl groups is 2. The van der Waals surface area contributed by atoms with Gasteiger partial charge in [-0.15, -0.1) is 0 Å². The molecule has 4 N–H and O–H groups in total. The Balaban J connectivity index is 2.18. The van der Waals surface area contributed by atoms with Crippen molar-refractivity contribution < 1.29 is 10.2 Å². The maximum atomic E-state index is 9.91. The number of hydrogen-bond donors (Lipinski definition) is 3. The van der Waals surface area contributed by atoms with Crippen LogP contribution in [-0.4, -0.2) is 15.2 Å². The highest BCUT2D eigenvalue weighted by molar-refractivity contribution is 5.93. The van der Waals surface area contributed by atoms with Gasteiger partial charge in [-0.3, -0.25) is 4.98 Å². The molecule has 0 bridgehead atoms. The molecule has 0 aliphatic heterocycles. The Hall–Kier alpha value is -3.26. The maximum absolute atomic E-state index is 9.91. The summed E-state index contributed by atoms with van der Waals surface area (Å²) in [7, 11) is 0. The van der Waals surface area contributed by atoms with Crippen molar-refractivity contribution in [1.82, 2.24) is 4.98 Å². The topological polar surface area (TPSA) is 103 Å². The van der Waals surface area contributed by atoms with Crippen LogP contribution >= 0.6 is 0 Å². The van der Waals surface area contributed by atoms with Gasteiger partial charge in [-0.25, -0.2) is 0 Å². The standard InChI is InChI=1S/C17H13N3O2/c18-9-12-14(8-10-4-3-7-15(21)17(10)22)20-13-6-2-1-5-11(13)16(12)19/h1-7,21-22H,8H2,(H2,19,20). The van der Waals surface area contributed by atoms with Crippen LogP contribution in [0.15, 0.2) is 42.5 Å². The lowest BCUT2D eigenvalue weighted by atomic mass is 10.0. The van der Waals surface area contributed by atoms with Crippen LogP contribution in [0.3, 0.4) is 0 Å². The lowest BCUT2D eigenvalue weighted by Crippen LogP contribution is -2.03. The molecular weight excluding hydrogens is 278 g/mol. The molecule has 5 nitrogen and oxygen atoms in total. The van der Waals surface area contributed by atoms with Crippen LogP contribution in [0.4, 0.5) is 5.69 Å². The van der Waals surface area contributed by atoms with Crippen molar-refractivity contribution in [3.05, 3.63) is 59.3 Å². The van der Waals surface area contributed by atoms with Crippen LogP contribution in [0.25, 0.3) is 10.9 Å². The van der Waals surface area contributed by atoms with Gasteiger partial charge in [0.1, 0.15) is 6.07 Å². The first-order chi connectivity index (χ1) is 10.6. The summed E-state index contributed by atoms with van der Waals surface area (Å²) < 4.78 is 0. The molecule has 0 aliphatic carbocycles. The van der Waals surface area contributed by atoms with Gasteiger partial charge in [0.05, 0.1) is 22.5 Å². The molecule has 0 fully saturated rings. The number of benzene rings is 2. The van der Waals surface area contributed by atoms with Crippen molar-refractivity contribution >= 4 is 16.6 Å². The van der Waals surface area contributed by atoms with E-state index in [9.17, 15) is 15.5 Å². The van der Waals surface area contributed by atoms with Gasteiger partial charge in [-0.05, 0) is 12.1 Å². The van der Waals surface area contributed by atoms with Gasteiger partial charge in [0.25, 0.3) is 0 Å². The predicted molar refractivity (Wildman–Crippen MR) is 83.4 cm³/mol. The quantitative estimate of drug-likeness (QED) is 0.630.